The summed E-state index contributed by atoms with van der Waals surface area (Å²) in [5.74, 6) is -0.599. The number of hydrazone groups is 1. The molecule has 1 aliphatic carbocycles. The van der Waals surface area contributed by atoms with Crippen LogP contribution in [0.4, 0.5) is 0 Å². The summed E-state index contributed by atoms with van der Waals surface area (Å²) in [5, 5.41) is 27.5. The van der Waals surface area contributed by atoms with Gasteiger partial charge in [0, 0.05) is 11.1 Å². The van der Waals surface area contributed by atoms with Gasteiger partial charge >= 0.3 is 0 Å². The number of phenolic OH excluding ortho intramolecular Hbond substituents is 1. The van der Waals surface area contributed by atoms with Crippen molar-refractivity contribution in [2.45, 2.75) is 6.04 Å². The number of nitrogens with zero attached hydrogens (tertiary/aromatic N) is 2. The Bertz CT molecular complexity index is 1030. The van der Waals surface area contributed by atoms with Crippen LogP contribution in [0, 0.1) is 0 Å². The zero-order valence-electron chi connectivity index (χ0n) is 16.1. The lowest BCUT2D eigenvalue weighted by atomic mass is 10.0. The molecular weight excluding hydrogens is 362 g/mol. The normalized spacial score (nSPS) is 16.9. The minimum atomic E-state index is -0.364. The number of piperazine rings is 1. The fourth-order valence-corrected chi connectivity index (χ4v) is 4.54. The Morgan fingerprint density at radius 3 is 2.17 bits per heavy atom. The van der Waals surface area contributed by atoms with Gasteiger partial charge in [0.2, 0.25) is 0 Å². The third-order valence-electron chi connectivity index (χ3n) is 5.98. The van der Waals surface area contributed by atoms with E-state index < -0.39 is 0 Å². The Kier molecular flexibility index (Phi) is 4.45. The van der Waals surface area contributed by atoms with E-state index in [2.05, 4.69) is 58.6 Å². The zero-order valence-corrected chi connectivity index (χ0v) is 16.1. The van der Waals surface area contributed by atoms with Gasteiger partial charge < -0.3 is 15.1 Å². The van der Waals surface area contributed by atoms with Gasteiger partial charge in [0.05, 0.1) is 32.4 Å². The molecule has 0 radical (unpaired) electrons. The first kappa shape index (κ1) is 17.8. The van der Waals surface area contributed by atoms with Gasteiger partial charge in [0.25, 0.3) is 0 Å². The molecule has 5 nitrogen and oxygen atoms in total. The number of phenols is 1. The van der Waals surface area contributed by atoms with Gasteiger partial charge in [-0.1, -0.05) is 66.4 Å². The summed E-state index contributed by atoms with van der Waals surface area (Å²) in [6.45, 7) is 3.77. The molecular formula is C24H23N3O2. The quantitative estimate of drug-likeness (QED) is 0.676. The molecule has 1 heterocycles. The van der Waals surface area contributed by atoms with E-state index in [-0.39, 0.29) is 11.5 Å². The Labute approximate surface area is 170 Å². The van der Waals surface area contributed by atoms with Crippen LogP contribution in [-0.4, -0.2) is 42.5 Å². The molecule has 0 atom stereocenters. The smallest absolute Gasteiger partial charge is 0.140 e. The first-order chi connectivity index (χ1) is 14.2. The second kappa shape index (κ2) is 7.26. The fraction of sp³-hybridized carbons (Fsp3) is 0.208. The Hall–Kier alpha value is -3.31. The average molecular weight is 385 g/mol. The number of hydrogen-bond acceptors (Lipinski definition) is 4. The second-order valence-electron chi connectivity index (χ2n) is 7.69. The highest BCUT2D eigenvalue weighted by Gasteiger charge is 2.37. The third-order valence-corrected chi connectivity index (χ3v) is 5.98. The summed E-state index contributed by atoms with van der Waals surface area (Å²) in [4.78, 5) is 1.57. The largest absolute Gasteiger partial charge is 0.870 e. The number of benzene rings is 3. The van der Waals surface area contributed by atoms with Crippen molar-refractivity contribution in [1.29, 1.82) is 0 Å². The lowest BCUT2D eigenvalue weighted by Gasteiger charge is -2.34. The van der Waals surface area contributed by atoms with Crippen LogP contribution in [0.2, 0.25) is 0 Å². The minimum Gasteiger partial charge on any atom is -0.870 e. The summed E-state index contributed by atoms with van der Waals surface area (Å²) in [7, 11) is 0. The molecule has 2 aliphatic rings. The van der Waals surface area contributed by atoms with Gasteiger partial charge in [-0.2, -0.15) is 5.10 Å². The van der Waals surface area contributed by atoms with E-state index in [1.165, 1.54) is 34.4 Å². The molecule has 0 aromatic heterocycles. The predicted molar refractivity (Wildman–Crippen MR) is 111 cm³/mol. The molecule has 29 heavy (non-hydrogen) atoms. The number of quaternary nitrogens is 1. The monoisotopic (exact) mass is 385 g/mol. The van der Waals surface area contributed by atoms with Crippen LogP contribution in [0.25, 0.3) is 11.1 Å². The fourth-order valence-electron chi connectivity index (χ4n) is 4.54. The topological polar surface area (TPSA) is 63.3 Å². The van der Waals surface area contributed by atoms with Crippen LogP contribution < -0.4 is 10.0 Å². The molecule has 1 aliphatic heterocycles. The zero-order chi connectivity index (χ0) is 19.8. The third kappa shape index (κ3) is 3.23. The van der Waals surface area contributed by atoms with Gasteiger partial charge in [0.15, 0.2) is 0 Å². The van der Waals surface area contributed by atoms with Gasteiger partial charge in [-0.25, -0.2) is 0 Å². The Morgan fingerprint density at radius 1 is 0.931 bits per heavy atom. The van der Waals surface area contributed by atoms with Crippen LogP contribution >= 0.6 is 0 Å². The summed E-state index contributed by atoms with van der Waals surface area (Å²) >= 11 is 0. The van der Waals surface area contributed by atoms with E-state index in [1.807, 2.05) is 0 Å². The highest BCUT2D eigenvalue weighted by atomic mass is 16.3. The number of fused-ring (bicyclic) bond motifs is 3. The molecule has 0 saturated carbocycles. The highest BCUT2D eigenvalue weighted by Crippen LogP contribution is 2.41. The van der Waals surface area contributed by atoms with E-state index in [9.17, 15) is 10.2 Å². The van der Waals surface area contributed by atoms with E-state index in [1.54, 1.807) is 17.2 Å². The van der Waals surface area contributed by atoms with Crippen LogP contribution in [0.1, 0.15) is 22.7 Å². The van der Waals surface area contributed by atoms with E-state index in [0.29, 0.717) is 6.04 Å². The molecule has 5 heteroatoms. The van der Waals surface area contributed by atoms with Crippen molar-refractivity contribution in [3.63, 3.8) is 0 Å². The van der Waals surface area contributed by atoms with Crippen LogP contribution in [0.5, 0.6) is 11.5 Å². The second-order valence-corrected chi connectivity index (χ2v) is 7.69. The van der Waals surface area contributed by atoms with Crippen LogP contribution in [0.3, 0.4) is 0 Å². The van der Waals surface area contributed by atoms with Crippen molar-refractivity contribution in [2.24, 2.45) is 5.10 Å². The van der Waals surface area contributed by atoms with Crippen LogP contribution in [0.15, 0.2) is 71.8 Å². The summed E-state index contributed by atoms with van der Waals surface area (Å²) < 4.78 is 0. The van der Waals surface area contributed by atoms with Gasteiger partial charge in [0.1, 0.15) is 11.8 Å². The van der Waals surface area contributed by atoms with Crippen molar-refractivity contribution < 1.29 is 15.1 Å². The highest BCUT2D eigenvalue weighted by molar-refractivity contribution is 5.80. The van der Waals surface area contributed by atoms with E-state index in [0.717, 1.165) is 31.7 Å². The SMILES string of the molecule is [O-]c1ccc(C=NN2CC[NH+](C3c4ccccc4-c4ccccc43)CC2)cc1O. The lowest BCUT2D eigenvalue weighted by molar-refractivity contribution is -0.929. The Balaban J connectivity index is 1.31. The molecule has 0 bridgehead atoms. The first-order valence-corrected chi connectivity index (χ1v) is 10.0. The molecule has 1 fully saturated rings. The summed E-state index contributed by atoms with van der Waals surface area (Å²) in [6, 6.07) is 22.4. The van der Waals surface area contributed by atoms with E-state index in [4.69, 9.17) is 0 Å². The van der Waals surface area contributed by atoms with Crippen molar-refractivity contribution in [3.8, 4) is 22.6 Å². The maximum atomic E-state index is 11.3. The Morgan fingerprint density at radius 2 is 1.55 bits per heavy atom. The lowest BCUT2D eigenvalue weighted by Crippen LogP contribution is -3.14. The molecule has 3 aromatic rings. The molecule has 5 rings (SSSR count). The molecule has 0 unspecified atom stereocenters. The van der Waals surface area contributed by atoms with Crippen LogP contribution in [-0.2, 0) is 0 Å². The summed E-state index contributed by atoms with van der Waals surface area (Å²) in [6.07, 6.45) is 1.71. The predicted octanol–water partition coefficient (Wildman–Crippen LogP) is 1.77. The summed E-state index contributed by atoms with van der Waals surface area (Å²) in [5.41, 5.74) is 6.31. The van der Waals surface area contributed by atoms with Crippen molar-refractivity contribution >= 4 is 6.21 Å². The standard InChI is InChI=1S/C24H23N3O2/c28-22-10-9-17(15-23(22)29)16-25-27-13-11-26(12-14-27)24-20-7-3-1-5-18(20)19-6-2-4-8-21(19)24/h1-10,15-16,24,28-29H,11-14H2. The van der Waals surface area contributed by atoms with Gasteiger partial charge in [-0.3, -0.25) is 5.01 Å². The van der Waals surface area contributed by atoms with Crippen molar-refractivity contribution in [3.05, 3.63) is 83.4 Å². The number of nitrogens with one attached hydrogen (secondary N) is 1. The average Bonchev–Trinajstić information content (AvgIpc) is 3.10. The minimum absolute atomic E-state index is 0.234. The van der Waals surface area contributed by atoms with Crippen molar-refractivity contribution in [2.75, 3.05) is 26.2 Å². The molecule has 0 spiro atoms. The molecule has 1 saturated heterocycles. The van der Waals surface area contributed by atoms with Crippen molar-refractivity contribution in [1.82, 2.24) is 5.01 Å². The number of rotatable bonds is 3. The van der Waals surface area contributed by atoms with Gasteiger partial charge in [-0.15, -0.1) is 0 Å². The molecule has 146 valence electrons. The maximum Gasteiger partial charge on any atom is 0.140 e. The molecule has 2 N–H and O–H groups in total. The number of aromatic hydroxyl groups is 1. The first-order valence-electron chi connectivity index (χ1n) is 10.0. The van der Waals surface area contributed by atoms with E-state index >= 15 is 0 Å². The maximum absolute atomic E-state index is 11.3. The van der Waals surface area contributed by atoms with Gasteiger partial charge in [-0.05, 0) is 22.8 Å². The molecule has 3 aromatic carbocycles. The molecule has 0 amide bonds. The number of hydrogen-bond donors (Lipinski definition) is 2.